The van der Waals surface area contributed by atoms with Gasteiger partial charge < -0.3 is 39.1 Å². The Morgan fingerprint density at radius 3 is 2.35 bits per heavy atom. The second kappa shape index (κ2) is 8.20. The van der Waals surface area contributed by atoms with Crippen molar-refractivity contribution in [2.24, 2.45) is 0 Å². The van der Waals surface area contributed by atoms with Crippen LogP contribution in [0.4, 0.5) is 0 Å². The second-order valence-electron chi connectivity index (χ2n) is 7.32. The van der Waals surface area contributed by atoms with Gasteiger partial charge in [0, 0.05) is 6.07 Å². The van der Waals surface area contributed by atoms with Crippen molar-refractivity contribution in [1.82, 2.24) is 0 Å². The molecule has 164 valence electrons. The Morgan fingerprint density at radius 2 is 1.68 bits per heavy atom. The Hall–Kier alpha value is -3.11. The van der Waals surface area contributed by atoms with E-state index in [0.717, 1.165) is 0 Å². The molecule has 0 unspecified atom stereocenters. The maximum Gasteiger partial charge on any atom is 0.229 e. The van der Waals surface area contributed by atoms with Gasteiger partial charge in [-0.2, -0.15) is 0 Å². The van der Waals surface area contributed by atoms with Crippen LogP contribution in [-0.4, -0.2) is 58.2 Å². The Balaban J connectivity index is 1.72. The first-order chi connectivity index (χ1) is 14.8. The van der Waals surface area contributed by atoms with Crippen molar-refractivity contribution in [3.05, 3.63) is 52.9 Å². The Bertz CT molecular complexity index is 1140. The normalized spacial score (nSPS) is 26.0. The summed E-state index contributed by atoms with van der Waals surface area (Å²) in [5, 5.41) is 39.7. The first-order valence-electron chi connectivity index (χ1n) is 9.59. The number of aliphatic hydroxyl groups excluding tert-OH is 3. The molecule has 2 heterocycles. The highest BCUT2D eigenvalue weighted by Crippen LogP contribution is 2.35. The van der Waals surface area contributed by atoms with Crippen LogP contribution in [0.15, 0.2) is 51.9 Å². The van der Waals surface area contributed by atoms with Crippen molar-refractivity contribution in [3.8, 4) is 28.4 Å². The zero-order valence-electron chi connectivity index (χ0n) is 16.8. The van der Waals surface area contributed by atoms with Crippen molar-refractivity contribution in [2.45, 2.75) is 37.6 Å². The van der Waals surface area contributed by atoms with Crippen LogP contribution in [0.5, 0.6) is 17.2 Å². The number of aromatic hydroxyl groups is 1. The number of phenolic OH excluding ortho intramolecular Hbond substituents is 1. The molecule has 0 aliphatic carbocycles. The number of rotatable bonds is 4. The summed E-state index contributed by atoms with van der Waals surface area (Å²) in [4.78, 5) is 13.0. The van der Waals surface area contributed by atoms with E-state index in [1.807, 2.05) is 0 Å². The first-order valence-corrected chi connectivity index (χ1v) is 9.59. The summed E-state index contributed by atoms with van der Waals surface area (Å²) in [5.41, 5.74) is 0.786. The van der Waals surface area contributed by atoms with Gasteiger partial charge in [-0.1, -0.05) is 12.1 Å². The zero-order valence-corrected chi connectivity index (χ0v) is 16.8. The third kappa shape index (κ3) is 3.84. The van der Waals surface area contributed by atoms with Crippen LogP contribution in [-0.2, 0) is 4.74 Å². The molecule has 4 N–H and O–H groups in total. The number of phenols is 1. The minimum atomic E-state index is -1.50. The quantitative estimate of drug-likeness (QED) is 0.483. The number of hydrogen-bond acceptors (Lipinski definition) is 9. The van der Waals surface area contributed by atoms with E-state index in [4.69, 9.17) is 18.6 Å². The minimum absolute atomic E-state index is 0.0801. The summed E-state index contributed by atoms with van der Waals surface area (Å²) >= 11 is 0. The molecule has 3 aromatic rings. The third-order valence-corrected chi connectivity index (χ3v) is 5.29. The molecule has 0 bridgehead atoms. The van der Waals surface area contributed by atoms with E-state index in [-0.39, 0.29) is 33.6 Å². The lowest BCUT2D eigenvalue weighted by molar-refractivity contribution is -0.268. The molecule has 9 heteroatoms. The smallest absolute Gasteiger partial charge is 0.229 e. The van der Waals surface area contributed by atoms with E-state index in [9.17, 15) is 25.2 Å². The number of hydrogen-bond donors (Lipinski definition) is 4. The number of ether oxygens (including phenoxy) is 3. The molecule has 5 atom stereocenters. The number of aliphatic hydroxyl groups is 3. The van der Waals surface area contributed by atoms with Crippen molar-refractivity contribution in [1.29, 1.82) is 0 Å². The summed E-state index contributed by atoms with van der Waals surface area (Å²) in [5.74, 6) is 0.388. The van der Waals surface area contributed by atoms with Gasteiger partial charge in [0.05, 0.1) is 24.2 Å². The van der Waals surface area contributed by atoms with E-state index in [1.165, 1.54) is 44.6 Å². The largest absolute Gasteiger partial charge is 0.508 e. The lowest BCUT2D eigenvalue weighted by Crippen LogP contribution is -2.58. The van der Waals surface area contributed by atoms with E-state index in [1.54, 1.807) is 12.1 Å². The molecule has 0 saturated carbocycles. The van der Waals surface area contributed by atoms with Gasteiger partial charge >= 0.3 is 0 Å². The standard InChI is InChI=1S/C22H22O9/c1-10-18(24)20(26)21(27)22(30-10)31-17-8-15-13(7-16(17)28-2)19(25)14(9-29-15)11-3-5-12(23)6-4-11/h3-10,18,20-24,26-27H,1-2H3/t10-,18-,20+,21+,22-/m0/s1. The van der Waals surface area contributed by atoms with Crippen LogP contribution in [0, 0.1) is 0 Å². The van der Waals surface area contributed by atoms with E-state index in [0.29, 0.717) is 11.1 Å². The highest BCUT2D eigenvalue weighted by molar-refractivity contribution is 5.84. The molecule has 31 heavy (non-hydrogen) atoms. The van der Waals surface area contributed by atoms with Crippen molar-refractivity contribution >= 4 is 11.0 Å². The Labute approximate surface area is 176 Å². The molecule has 0 amide bonds. The van der Waals surface area contributed by atoms with Crippen LogP contribution < -0.4 is 14.9 Å². The second-order valence-corrected chi connectivity index (χ2v) is 7.32. The molecular formula is C22H22O9. The van der Waals surface area contributed by atoms with Gasteiger partial charge in [-0.3, -0.25) is 4.79 Å². The molecule has 1 fully saturated rings. The van der Waals surface area contributed by atoms with Gasteiger partial charge in [0.15, 0.2) is 11.5 Å². The van der Waals surface area contributed by atoms with Gasteiger partial charge in [-0.25, -0.2) is 0 Å². The average molecular weight is 430 g/mol. The number of benzene rings is 2. The van der Waals surface area contributed by atoms with Crippen molar-refractivity contribution in [2.75, 3.05) is 7.11 Å². The highest BCUT2D eigenvalue weighted by Gasteiger charge is 2.43. The third-order valence-electron chi connectivity index (χ3n) is 5.29. The van der Waals surface area contributed by atoms with Crippen LogP contribution in [0.1, 0.15) is 6.92 Å². The molecule has 0 radical (unpaired) electrons. The fourth-order valence-electron chi connectivity index (χ4n) is 3.46. The molecule has 2 aromatic carbocycles. The summed E-state index contributed by atoms with van der Waals surface area (Å²) in [6, 6.07) is 9.02. The molecule has 1 saturated heterocycles. The predicted molar refractivity (Wildman–Crippen MR) is 109 cm³/mol. The zero-order chi connectivity index (χ0) is 22.3. The van der Waals surface area contributed by atoms with Gasteiger partial charge in [-0.15, -0.1) is 0 Å². The molecule has 0 spiro atoms. The van der Waals surface area contributed by atoms with Crippen LogP contribution in [0.2, 0.25) is 0 Å². The van der Waals surface area contributed by atoms with Crippen LogP contribution in [0.3, 0.4) is 0 Å². The van der Waals surface area contributed by atoms with Gasteiger partial charge in [0.1, 0.15) is 35.9 Å². The topological polar surface area (TPSA) is 139 Å². The summed E-state index contributed by atoms with van der Waals surface area (Å²) in [6.07, 6.45) is -4.96. The highest BCUT2D eigenvalue weighted by atomic mass is 16.7. The lowest BCUT2D eigenvalue weighted by atomic mass is 10.00. The summed E-state index contributed by atoms with van der Waals surface area (Å²) < 4.78 is 22.1. The van der Waals surface area contributed by atoms with Gasteiger partial charge in [0.25, 0.3) is 0 Å². The van der Waals surface area contributed by atoms with Crippen molar-refractivity contribution in [3.63, 3.8) is 0 Å². The maximum atomic E-state index is 13.0. The lowest BCUT2D eigenvalue weighted by Gasteiger charge is -2.39. The Morgan fingerprint density at radius 1 is 0.968 bits per heavy atom. The molecule has 1 aliphatic heterocycles. The van der Waals surface area contributed by atoms with Gasteiger partial charge in [0.2, 0.25) is 11.7 Å². The van der Waals surface area contributed by atoms with Crippen molar-refractivity contribution < 1.29 is 39.1 Å². The predicted octanol–water partition coefficient (Wildman–Crippen LogP) is 1.38. The molecular weight excluding hydrogens is 408 g/mol. The SMILES string of the molecule is COc1cc2c(=O)c(-c3ccc(O)cc3)coc2cc1O[C@@H]1O[C@@H](C)[C@H](O)[C@@H](O)[C@H]1O. The fourth-order valence-corrected chi connectivity index (χ4v) is 3.46. The van der Waals surface area contributed by atoms with E-state index in [2.05, 4.69) is 0 Å². The fraction of sp³-hybridized carbons (Fsp3) is 0.318. The van der Waals surface area contributed by atoms with Gasteiger partial charge in [-0.05, 0) is 30.7 Å². The minimum Gasteiger partial charge on any atom is -0.508 e. The summed E-state index contributed by atoms with van der Waals surface area (Å²) in [6.45, 7) is 1.54. The molecule has 1 aliphatic rings. The Kier molecular flexibility index (Phi) is 5.59. The van der Waals surface area contributed by atoms with E-state index < -0.39 is 30.7 Å². The average Bonchev–Trinajstić information content (AvgIpc) is 2.77. The number of methoxy groups -OCH3 is 1. The maximum absolute atomic E-state index is 13.0. The van der Waals surface area contributed by atoms with Crippen LogP contribution >= 0.6 is 0 Å². The van der Waals surface area contributed by atoms with E-state index >= 15 is 0 Å². The first kappa shape index (κ1) is 21.1. The molecule has 1 aromatic heterocycles. The molecule has 9 nitrogen and oxygen atoms in total. The summed E-state index contributed by atoms with van der Waals surface area (Å²) in [7, 11) is 1.39. The van der Waals surface area contributed by atoms with Crippen LogP contribution in [0.25, 0.3) is 22.1 Å². The monoisotopic (exact) mass is 430 g/mol. The molecule has 4 rings (SSSR count). The number of fused-ring (bicyclic) bond motifs is 1.